The summed E-state index contributed by atoms with van der Waals surface area (Å²) in [6, 6.07) is 10.0. The van der Waals surface area contributed by atoms with Gasteiger partial charge in [-0.1, -0.05) is 30.3 Å². The van der Waals surface area contributed by atoms with E-state index >= 15 is 0 Å². The Balaban J connectivity index is 2.64. The van der Waals surface area contributed by atoms with Crippen LogP contribution in [0.3, 0.4) is 0 Å². The second-order valence-corrected chi connectivity index (χ2v) is 2.07. The standard InChI is InChI=1S/C10H10O/c1-11-9-5-8-10-6-3-2-4-7-10/h2-8H,1H3/b8-5+. The normalized spacial score (nSPS) is 11.4. The van der Waals surface area contributed by atoms with Gasteiger partial charge < -0.3 is 4.42 Å². The summed E-state index contributed by atoms with van der Waals surface area (Å²) in [5.74, 6) is 0. The van der Waals surface area contributed by atoms with Crippen molar-refractivity contribution >= 4 is 12.4 Å². The van der Waals surface area contributed by atoms with Crippen LogP contribution in [0.5, 0.6) is 0 Å². The quantitative estimate of drug-likeness (QED) is 0.343. The molecule has 1 heteroatoms. The predicted molar refractivity (Wildman–Crippen MR) is 47.1 cm³/mol. The highest BCUT2D eigenvalue weighted by atomic mass is 16.4. The molecule has 0 heterocycles. The lowest BCUT2D eigenvalue weighted by Crippen LogP contribution is -1.70. The molecule has 1 aromatic carbocycles. The maximum atomic E-state index is 4.63. The van der Waals surface area contributed by atoms with Crippen LogP contribution in [-0.2, 0) is 4.42 Å². The smallest absolute Gasteiger partial charge is 0.229 e. The molecule has 1 nitrogen and oxygen atoms in total. The van der Waals surface area contributed by atoms with Crippen molar-refractivity contribution in [2.45, 2.75) is 0 Å². The zero-order chi connectivity index (χ0) is 7.94. The summed E-state index contributed by atoms with van der Waals surface area (Å²) in [7, 11) is 1.58. The lowest BCUT2D eigenvalue weighted by molar-refractivity contribution is 0.186. The molecule has 11 heavy (non-hydrogen) atoms. The summed E-state index contributed by atoms with van der Waals surface area (Å²) < 4.78 is 4.63. The molecule has 0 aliphatic carbocycles. The number of carbonyl (C=O) groups excluding carboxylic acids is 1. The van der Waals surface area contributed by atoms with E-state index < -0.39 is 0 Å². The molecule has 0 saturated carbocycles. The zero-order valence-corrected chi connectivity index (χ0v) is 6.45. The molecule has 0 aliphatic heterocycles. The van der Waals surface area contributed by atoms with Crippen LogP contribution in [0.15, 0.2) is 36.4 Å². The highest BCUT2D eigenvalue weighted by molar-refractivity contribution is 5.74. The van der Waals surface area contributed by atoms with Crippen LogP contribution in [0, 0.1) is 0 Å². The van der Waals surface area contributed by atoms with Gasteiger partial charge in [0.15, 0.2) is 0 Å². The maximum absolute atomic E-state index is 4.63. The lowest BCUT2D eigenvalue weighted by atomic mass is 10.2. The Morgan fingerprint density at radius 1 is 1.27 bits per heavy atom. The minimum absolute atomic E-state index is 1.15. The monoisotopic (exact) mass is 146 g/mol. The van der Waals surface area contributed by atoms with Gasteiger partial charge in [0, 0.05) is 0 Å². The van der Waals surface area contributed by atoms with E-state index in [0.29, 0.717) is 0 Å². The van der Waals surface area contributed by atoms with Gasteiger partial charge in [-0.3, -0.25) is 0 Å². The average Bonchev–Trinajstić information content (AvgIpc) is 2.07. The van der Waals surface area contributed by atoms with E-state index in [1.165, 1.54) is 0 Å². The molecular formula is C10H10O. The molecule has 0 amide bonds. The second-order valence-electron chi connectivity index (χ2n) is 2.07. The van der Waals surface area contributed by atoms with Crippen LogP contribution in [0.25, 0.3) is 6.08 Å². The molecule has 0 aromatic heterocycles. The van der Waals surface area contributed by atoms with Gasteiger partial charge in [-0.25, -0.2) is 0 Å². The van der Waals surface area contributed by atoms with Crippen LogP contribution >= 0.6 is 0 Å². The Hall–Kier alpha value is -1.37. The van der Waals surface area contributed by atoms with Gasteiger partial charge in [0.05, 0.1) is 0 Å². The fourth-order valence-electron chi connectivity index (χ4n) is 0.762. The highest BCUT2D eigenvalue weighted by Crippen LogP contribution is 1.99. The summed E-state index contributed by atoms with van der Waals surface area (Å²) in [6.07, 6.45) is 6.30. The topological polar surface area (TPSA) is 11.3 Å². The average molecular weight is 146 g/mol. The third kappa shape index (κ3) is 2.80. The fraction of sp³-hybridized carbons (Fsp3) is 0.100. The van der Waals surface area contributed by atoms with Crippen molar-refractivity contribution in [2.24, 2.45) is 0 Å². The minimum Gasteiger partial charge on any atom is -0.355 e. The van der Waals surface area contributed by atoms with E-state index in [4.69, 9.17) is 0 Å². The molecule has 0 N–H and O–H groups in total. The fourth-order valence-corrected chi connectivity index (χ4v) is 0.762. The second kappa shape index (κ2) is 4.45. The number of benzene rings is 1. The zero-order valence-electron chi connectivity index (χ0n) is 6.45. The Kier molecular flexibility index (Phi) is 3.13. The van der Waals surface area contributed by atoms with E-state index in [1.54, 1.807) is 13.2 Å². The Morgan fingerprint density at radius 2 is 2.00 bits per heavy atom. The minimum atomic E-state index is 1.15. The molecule has 1 aromatic rings. The van der Waals surface area contributed by atoms with Crippen molar-refractivity contribution in [2.75, 3.05) is 7.11 Å². The van der Waals surface area contributed by atoms with Gasteiger partial charge in [-0.2, -0.15) is 6.08 Å². The Morgan fingerprint density at radius 3 is 2.64 bits per heavy atom. The molecule has 1 rings (SSSR count). The van der Waals surface area contributed by atoms with Gasteiger partial charge in [0.2, 0.25) is 13.4 Å². The van der Waals surface area contributed by atoms with Crippen LogP contribution in [0.4, 0.5) is 0 Å². The van der Waals surface area contributed by atoms with Crippen LogP contribution in [-0.4, -0.2) is 13.4 Å². The number of hydrogen-bond donors (Lipinski definition) is 0. The number of rotatable bonds is 2. The highest BCUT2D eigenvalue weighted by Gasteiger charge is 1.74. The van der Waals surface area contributed by atoms with E-state index in [0.717, 1.165) is 5.56 Å². The third-order valence-corrected chi connectivity index (χ3v) is 1.26. The number of hydrogen-bond acceptors (Lipinski definition) is 0. The van der Waals surface area contributed by atoms with Gasteiger partial charge in [-0.05, 0) is 0 Å². The molecule has 0 unspecified atom stereocenters. The van der Waals surface area contributed by atoms with Gasteiger partial charge in [-0.15, -0.1) is 11.6 Å². The van der Waals surface area contributed by atoms with E-state index in [1.807, 2.05) is 36.4 Å². The maximum Gasteiger partial charge on any atom is 0.229 e. The lowest BCUT2D eigenvalue weighted by Gasteiger charge is -1.92. The third-order valence-electron chi connectivity index (χ3n) is 1.26. The van der Waals surface area contributed by atoms with Crippen molar-refractivity contribution in [3.63, 3.8) is 0 Å². The molecule has 0 fully saturated rings. The van der Waals surface area contributed by atoms with Crippen molar-refractivity contribution < 1.29 is 4.42 Å². The summed E-state index contributed by atoms with van der Waals surface area (Å²) in [5.41, 5.74) is 1.15. The van der Waals surface area contributed by atoms with Gasteiger partial charge in [0.25, 0.3) is 0 Å². The summed E-state index contributed by atoms with van der Waals surface area (Å²) in [5, 5.41) is 0. The molecule has 0 saturated heterocycles. The molecule has 0 aliphatic rings. The van der Waals surface area contributed by atoms with Crippen molar-refractivity contribution in [1.82, 2.24) is 0 Å². The van der Waals surface area contributed by atoms with Gasteiger partial charge >= 0.3 is 0 Å². The van der Waals surface area contributed by atoms with Crippen LogP contribution < -0.4 is 0 Å². The van der Waals surface area contributed by atoms with E-state index in [-0.39, 0.29) is 0 Å². The van der Waals surface area contributed by atoms with Crippen molar-refractivity contribution in [1.29, 1.82) is 0 Å². The first kappa shape index (κ1) is 7.73. The molecule has 0 bridgehead atoms. The number of allylic oxidation sites excluding steroid dienone is 1. The predicted octanol–water partition coefficient (Wildman–Crippen LogP) is 1.97. The molecule has 0 radical (unpaired) electrons. The van der Waals surface area contributed by atoms with Crippen molar-refractivity contribution in [3.05, 3.63) is 42.0 Å². The molecule has 0 atom stereocenters. The SMILES string of the molecule is C[O+]=[C-]/C=C/c1ccccc1. The summed E-state index contributed by atoms with van der Waals surface area (Å²) in [6.45, 7) is 0. The van der Waals surface area contributed by atoms with Crippen LogP contribution in [0.1, 0.15) is 5.56 Å². The summed E-state index contributed by atoms with van der Waals surface area (Å²) in [4.78, 5) is 0. The summed E-state index contributed by atoms with van der Waals surface area (Å²) >= 11 is 0. The largest absolute Gasteiger partial charge is 0.355 e. The molecule has 56 valence electrons. The first-order valence-corrected chi connectivity index (χ1v) is 3.43. The Bertz CT molecular complexity index is 247. The van der Waals surface area contributed by atoms with Crippen LogP contribution in [0.2, 0.25) is 0 Å². The first-order valence-electron chi connectivity index (χ1n) is 3.43. The van der Waals surface area contributed by atoms with Crippen molar-refractivity contribution in [3.8, 4) is 0 Å². The van der Waals surface area contributed by atoms with Gasteiger partial charge in [0.1, 0.15) is 0 Å². The van der Waals surface area contributed by atoms with E-state index in [9.17, 15) is 0 Å². The molecular weight excluding hydrogens is 136 g/mol. The Labute approximate surface area is 66.7 Å². The first-order chi connectivity index (χ1) is 5.43. The van der Waals surface area contributed by atoms with E-state index in [2.05, 4.69) is 10.7 Å². The molecule has 0 spiro atoms.